The zero-order chi connectivity index (χ0) is 16.2. The van der Waals surface area contributed by atoms with Crippen molar-refractivity contribution in [3.63, 3.8) is 0 Å². The van der Waals surface area contributed by atoms with Gasteiger partial charge in [-0.15, -0.1) is 0 Å². The maximum absolute atomic E-state index is 6.07. The van der Waals surface area contributed by atoms with Crippen molar-refractivity contribution < 1.29 is 14.0 Å². The third-order valence-electron chi connectivity index (χ3n) is 3.91. The number of aryl methyl sites for hydroxylation is 2. The molecule has 0 spiro atoms. The monoisotopic (exact) mass is 319 g/mol. The number of anilines is 2. The lowest BCUT2D eigenvalue weighted by molar-refractivity contribution is -0.0483. The number of hydrogen-bond donors (Lipinski definition) is 2. The minimum atomic E-state index is -0.0361. The topological polar surface area (TPSA) is 108 Å². The van der Waals surface area contributed by atoms with Crippen molar-refractivity contribution in [2.75, 3.05) is 24.3 Å². The van der Waals surface area contributed by atoms with Crippen molar-refractivity contribution in [2.45, 2.75) is 39.0 Å². The third kappa shape index (κ3) is 3.77. The summed E-state index contributed by atoms with van der Waals surface area (Å²) >= 11 is 0. The highest BCUT2D eigenvalue weighted by atomic mass is 16.5. The average molecular weight is 319 g/mol. The molecule has 0 amide bonds. The van der Waals surface area contributed by atoms with E-state index in [4.69, 9.17) is 19.7 Å². The molecule has 0 radical (unpaired) electrons. The normalized spacial score (nSPS) is 21.3. The molecule has 2 aromatic heterocycles. The molecule has 2 aromatic rings. The first-order valence-electron chi connectivity index (χ1n) is 7.59. The number of aromatic nitrogens is 3. The van der Waals surface area contributed by atoms with Crippen LogP contribution in [-0.2, 0) is 16.1 Å². The van der Waals surface area contributed by atoms with Gasteiger partial charge < -0.3 is 25.0 Å². The first-order valence-corrected chi connectivity index (χ1v) is 7.59. The van der Waals surface area contributed by atoms with Gasteiger partial charge in [0.25, 0.3) is 0 Å². The van der Waals surface area contributed by atoms with Crippen LogP contribution in [0, 0.1) is 13.8 Å². The van der Waals surface area contributed by atoms with Crippen LogP contribution in [-0.4, -0.2) is 40.5 Å². The Morgan fingerprint density at radius 1 is 1.43 bits per heavy atom. The van der Waals surface area contributed by atoms with E-state index in [1.54, 1.807) is 12.3 Å². The van der Waals surface area contributed by atoms with Gasteiger partial charge in [-0.2, -0.15) is 4.98 Å². The zero-order valence-electron chi connectivity index (χ0n) is 13.3. The Balaban J connectivity index is 1.64. The minimum absolute atomic E-state index is 0.0116. The summed E-state index contributed by atoms with van der Waals surface area (Å²) in [7, 11) is 0. The molecule has 0 bridgehead atoms. The lowest BCUT2D eigenvalue weighted by Crippen LogP contribution is -2.44. The summed E-state index contributed by atoms with van der Waals surface area (Å²) in [6, 6.07) is 1.61. The summed E-state index contributed by atoms with van der Waals surface area (Å²) in [6.07, 6.45) is 2.40. The van der Waals surface area contributed by atoms with Gasteiger partial charge in [0, 0.05) is 18.4 Å². The molecule has 2 atom stereocenters. The van der Waals surface area contributed by atoms with Crippen LogP contribution in [0.4, 0.5) is 11.8 Å². The van der Waals surface area contributed by atoms with Gasteiger partial charge in [0.05, 0.1) is 31.1 Å². The van der Waals surface area contributed by atoms with E-state index in [2.05, 4.69) is 20.4 Å². The standard InChI is InChI=1S/C15H21N5O3/c1-9-11(10(2)23-20-9)7-22-13-4-6-21-8-12(13)18-15-17-5-3-14(16)19-15/h3,5,12-13H,4,6-8H2,1-2H3,(H3,16,17,18,19)/t12-,13+/m0/s1. The second-order valence-electron chi connectivity index (χ2n) is 5.57. The van der Waals surface area contributed by atoms with Gasteiger partial charge in [0.2, 0.25) is 5.95 Å². The summed E-state index contributed by atoms with van der Waals surface area (Å²) < 4.78 is 16.8. The van der Waals surface area contributed by atoms with E-state index in [0.717, 1.165) is 23.4 Å². The maximum atomic E-state index is 6.07. The van der Waals surface area contributed by atoms with Crippen LogP contribution in [0.2, 0.25) is 0 Å². The van der Waals surface area contributed by atoms with E-state index in [1.807, 2.05) is 13.8 Å². The number of nitrogen functional groups attached to an aromatic ring is 1. The second-order valence-corrected chi connectivity index (χ2v) is 5.57. The van der Waals surface area contributed by atoms with Crippen molar-refractivity contribution in [1.29, 1.82) is 0 Å². The summed E-state index contributed by atoms with van der Waals surface area (Å²) in [6.45, 7) is 5.46. The molecule has 1 aliphatic rings. The molecule has 3 rings (SSSR count). The van der Waals surface area contributed by atoms with Crippen molar-refractivity contribution in [3.05, 3.63) is 29.3 Å². The summed E-state index contributed by atoms with van der Waals surface area (Å²) in [5.74, 6) is 1.69. The lowest BCUT2D eigenvalue weighted by atomic mass is 10.1. The Bertz CT molecular complexity index is 641. The molecule has 8 heteroatoms. The number of hydrogen-bond acceptors (Lipinski definition) is 8. The molecule has 0 unspecified atom stereocenters. The molecule has 0 aromatic carbocycles. The van der Waals surface area contributed by atoms with E-state index in [-0.39, 0.29) is 12.1 Å². The summed E-state index contributed by atoms with van der Waals surface area (Å²) in [5.41, 5.74) is 7.54. The molecule has 124 valence electrons. The first kappa shape index (κ1) is 15.7. The van der Waals surface area contributed by atoms with Gasteiger partial charge in [0.1, 0.15) is 11.6 Å². The van der Waals surface area contributed by atoms with Crippen LogP contribution >= 0.6 is 0 Å². The first-order chi connectivity index (χ1) is 11.1. The van der Waals surface area contributed by atoms with Crippen LogP contribution in [0.3, 0.4) is 0 Å². The van der Waals surface area contributed by atoms with Crippen molar-refractivity contribution in [2.24, 2.45) is 0 Å². The predicted octanol–water partition coefficient (Wildman–Crippen LogP) is 1.45. The Kier molecular flexibility index (Phi) is 4.73. The molecule has 3 N–H and O–H groups in total. The van der Waals surface area contributed by atoms with Gasteiger partial charge in [-0.05, 0) is 26.3 Å². The lowest BCUT2D eigenvalue weighted by Gasteiger charge is -2.32. The molecular weight excluding hydrogens is 298 g/mol. The number of nitrogens with zero attached hydrogens (tertiary/aromatic N) is 3. The Morgan fingerprint density at radius 2 is 2.30 bits per heavy atom. The van der Waals surface area contributed by atoms with E-state index in [0.29, 0.717) is 31.6 Å². The fourth-order valence-corrected chi connectivity index (χ4v) is 2.56. The number of ether oxygens (including phenoxy) is 2. The quantitative estimate of drug-likeness (QED) is 0.852. The largest absolute Gasteiger partial charge is 0.384 e. The Labute approximate surface area is 134 Å². The van der Waals surface area contributed by atoms with Crippen LogP contribution in [0.15, 0.2) is 16.8 Å². The van der Waals surface area contributed by atoms with Crippen molar-refractivity contribution in [1.82, 2.24) is 15.1 Å². The summed E-state index contributed by atoms with van der Waals surface area (Å²) in [5, 5.41) is 7.19. The number of nitrogens with one attached hydrogen (secondary N) is 1. The van der Waals surface area contributed by atoms with E-state index in [9.17, 15) is 0 Å². The van der Waals surface area contributed by atoms with Gasteiger partial charge >= 0.3 is 0 Å². The number of rotatable bonds is 5. The van der Waals surface area contributed by atoms with Gasteiger partial charge in [0.15, 0.2) is 0 Å². The van der Waals surface area contributed by atoms with Gasteiger partial charge in [-0.25, -0.2) is 4.98 Å². The van der Waals surface area contributed by atoms with Crippen LogP contribution in [0.5, 0.6) is 0 Å². The van der Waals surface area contributed by atoms with Gasteiger partial charge in [-0.1, -0.05) is 5.16 Å². The smallest absolute Gasteiger partial charge is 0.224 e. The molecular formula is C15H21N5O3. The molecule has 1 fully saturated rings. The minimum Gasteiger partial charge on any atom is -0.384 e. The van der Waals surface area contributed by atoms with Crippen LogP contribution in [0.1, 0.15) is 23.4 Å². The van der Waals surface area contributed by atoms with Crippen LogP contribution < -0.4 is 11.1 Å². The van der Waals surface area contributed by atoms with E-state index < -0.39 is 0 Å². The highest BCUT2D eigenvalue weighted by Gasteiger charge is 2.28. The maximum Gasteiger partial charge on any atom is 0.224 e. The SMILES string of the molecule is Cc1noc(C)c1CO[C@@H]1CCOC[C@@H]1Nc1nccc(N)n1. The molecule has 0 aliphatic carbocycles. The zero-order valence-corrected chi connectivity index (χ0v) is 13.3. The fourth-order valence-electron chi connectivity index (χ4n) is 2.56. The van der Waals surface area contributed by atoms with Crippen LogP contribution in [0.25, 0.3) is 0 Å². The van der Waals surface area contributed by atoms with Crippen molar-refractivity contribution in [3.8, 4) is 0 Å². The third-order valence-corrected chi connectivity index (χ3v) is 3.91. The molecule has 8 nitrogen and oxygen atoms in total. The molecule has 3 heterocycles. The van der Waals surface area contributed by atoms with E-state index in [1.165, 1.54) is 0 Å². The number of nitrogens with two attached hydrogens (primary N) is 1. The van der Waals surface area contributed by atoms with Crippen molar-refractivity contribution >= 4 is 11.8 Å². The van der Waals surface area contributed by atoms with E-state index >= 15 is 0 Å². The second kappa shape index (κ2) is 6.93. The van der Waals surface area contributed by atoms with Gasteiger partial charge in [-0.3, -0.25) is 0 Å². The average Bonchev–Trinajstić information content (AvgIpc) is 2.85. The molecule has 0 saturated carbocycles. The fraction of sp³-hybridized carbons (Fsp3) is 0.533. The summed E-state index contributed by atoms with van der Waals surface area (Å²) in [4.78, 5) is 8.33. The highest BCUT2D eigenvalue weighted by Crippen LogP contribution is 2.20. The Hall–Kier alpha value is -2.19. The molecule has 1 aliphatic heterocycles. The highest BCUT2D eigenvalue weighted by molar-refractivity contribution is 5.36. The Morgan fingerprint density at radius 3 is 3.04 bits per heavy atom. The molecule has 1 saturated heterocycles. The molecule has 23 heavy (non-hydrogen) atoms. The predicted molar refractivity (Wildman–Crippen MR) is 83.8 cm³/mol.